The lowest BCUT2D eigenvalue weighted by Crippen LogP contribution is -2.32. The van der Waals surface area contributed by atoms with Crippen LogP contribution in [-0.4, -0.2) is 0 Å². The molecular formula is C59H37NOS. The molecule has 2 aliphatic rings. The van der Waals surface area contributed by atoms with E-state index in [9.17, 15) is 0 Å². The Labute approximate surface area is 364 Å². The molecule has 0 saturated heterocycles. The summed E-state index contributed by atoms with van der Waals surface area (Å²) in [5.41, 5.74) is 15.1. The highest BCUT2D eigenvalue weighted by atomic mass is 32.1. The fourth-order valence-electron chi connectivity index (χ4n) is 10.5. The minimum atomic E-state index is -0.506. The summed E-state index contributed by atoms with van der Waals surface area (Å²) in [5.74, 6) is 1.81. The molecule has 62 heavy (non-hydrogen) atoms. The van der Waals surface area contributed by atoms with Gasteiger partial charge in [0.2, 0.25) is 0 Å². The van der Waals surface area contributed by atoms with Gasteiger partial charge in [-0.05, 0) is 110 Å². The lowest BCUT2D eigenvalue weighted by Gasteiger charge is -2.39. The van der Waals surface area contributed by atoms with Gasteiger partial charge in [0.05, 0.1) is 5.41 Å². The lowest BCUT2D eigenvalue weighted by atomic mass is 9.66. The van der Waals surface area contributed by atoms with Crippen LogP contribution in [0.25, 0.3) is 64.3 Å². The van der Waals surface area contributed by atoms with E-state index in [1.165, 1.54) is 86.6 Å². The van der Waals surface area contributed by atoms with Crippen molar-refractivity contribution >= 4 is 59.3 Å². The van der Waals surface area contributed by atoms with Crippen molar-refractivity contribution in [3.8, 4) is 44.9 Å². The van der Waals surface area contributed by atoms with Crippen molar-refractivity contribution in [2.75, 3.05) is 4.90 Å². The number of thiophene rings is 1. The van der Waals surface area contributed by atoms with Crippen molar-refractivity contribution in [2.45, 2.75) is 5.41 Å². The van der Waals surface area contributed by atoms with E-state index in [-0.39, 0.29) is 0 Å². The van der Waals surface area contributed by atoms with E-state index in [4.69, 9.17) is 4.74 Å². The summed E-state index contributed by atoms with van der Waals surface area (Å²) >= 11 is 1.88. The molecule has 0 radical (unpaired) electrons. The van der Waals surface area contributed by atoms with Gasteiger partial charge in [-0.25, -0.2) is 0 Å². The lowest BCUT2D eigenvalue weighted by molar-refractivity contribution is 0.436. The van der Waals surface area contributed by atoms with Crippen molar-refractivity contribution < 1.29 is 4.74 Å². The first kappa shape index (κ1) is 35.1. The summed E-state index contributed by atoms with van der Waals surface area (Å²) in [4.78, 5) is 2.39. The molecule has 0 unspecified atom stereocenters. The maximum atomic E-state index is 6.60. The molecule has 2 heterocycles. The maximum Gasteiger partial charge on any atom is 0.132 e. The summed E-state index contributed by atoms with van der Waals surface area (Å²) in [6, 6.07) is 82.0. The van der Waals surface area contributed by atoms with Crippen molar-refractivity contribution in [1.82, 2.24) is 0 Å². The molecule has 0 saturated carbocycles. The van der Waals surface area contributed by atoms with Gasteiger partial charge in [-0.3, -0.25) is 0 Å². The predicted octanol–water partition coefficient (Wildman–Crippen LogP) is 16.5. The number of fused-ring (bicyclic) bond motifs is 14. The first-order chi connectivity index (χ1) is 30.7. The van der Waals surface area contributed by atoms with Crippen LogP contribution in [0.5, 0.6) is 11.5 Å². The highest BCUT2D eigenvalue weighted by molar-refractivity contribution is 7.26. The van der Waals surface area contributed by atoms with Crippen LogP contribution in [0, 0.1) is 0 Å². The third-order valence-electron chi connectivity index (χ3n) is 13.1. The van der Waals surface area contributed by atoms with Crippen molar-refractivity contribution in [2.24, 2.45) is 0 Å². The van der Waals surface area contributed by atoms with Gasteiger partial charge in [0.1, 0.15) is 11.5 Å². The Hall–Kier alpha value is -7.72. The fourth-order valence-corrected chi connectivity index (χ4v) is 11.7. The first-order valence-corrected chi connectivity index (χ1v) is 22.1. The van der Waals surface area contributed by atoms with Crippen LogP contribution in [0.4, 0.5) is 17.1 Å². The van der Waals surface area contributed by atoms with Crippen molar-refractivity contribution in [3.05, 3.63) is 247 Å². The summed E-state index contributed by atoms with van der Waals surface area (Å²) in [5, 5.41) is 5.16. The van der Waals surface area contributed by atoms with Gasteiger partial charge in [-0.1, -0.05) is 170 Å². The average Bonchev–Trinajstić information content (AvgIpc) is 3.87. The van der Waals surface area contributed by atoms with Gasteiger partial charge >= 0.3 is 0 Å². The van der Waals surface area contributed by atoms with Gasteiger partial charge < -0.3 is 9.64 Å². The molecular weight excluding hydrogens is 771 g/mol. The zero-order chi connectivity index (χ0) is 40.8. The number of rotatable bonds is 5. The molecule has 13 rings (SSSR count). The predicted molar refractivity (Wildman–Crippen MR) is 260 cm³/mol. The normalized spacial score (nSPS) is 13.1. The van der Waals surface area contributed by atoms with E-state index in [0.29, 0.717) is 0 Å². The molecule has 0 amide bonds. The van der Waals surface area contributed by atoms with Crippen LogP contribution in [-0.2, 0) is 5.41 Å². The van der Waals surface area contributed by atoms with E-state index < -0.39 is 5.41 Å². The number of ether oxygens (including phenoxy) is 1. The molecule has 3 heteroatoms. The summed E-state index contributed by atoms with van der Waals surface area (Å²) in [6.45, 7) is 0. The summed E-state index contributed by atoms with van der Waals surface area (Å²) in [7, 11) is 0. The maximum absolute atomic E-state index is 6.60. The van der Waals surface area contributed by atoms with Gasteiger partial charge in [-0.2, -0.15) is 0 Å². The number of hydrogen-bond donors (Lipinski definition) is 0. The van der Waals surface area contributed by atoms with Gasteiger partial charge in [0.15, 0.2) is 0 Å². The molecule has 0 atom stereocenters. The Kier molecular flexibility index (Phi) is 7.72. The van der Waals surface area contributed by atoms with E-state index >= 15 is 0 Å². The molecule has 10 aromatic carbocycles. The zero-order valence-corrected chi connectivity index (χ0v) is 34.4. The Bertz CT molecular complexity index is 3500. The average molecular weight is 808 g/mol. The molecule has 290 valence electrons. The van der Waals surface area contributed by atoms with E-state index in [1.54, 1.807) is 0 Å². The number of nitrogens with zero attached hydrogens (tertiary/aromatic N) is 1. The van der Waals surface area contributed by atoms with Crippen molar-refractivity contribution in [1.29, 1.82) is 0 Å². The highest BCUT2D eigenvalue weighted by Crippen LogP contribution is 2.63. The molecule has 0 fully saturated rings. The van der Waals surface area contributed by atoms with Crippen LogP contribution in [0.2, 0.25) is 0 Å². The molecule has 0 bridgehead atoms. The number of para-hydroxylation sites is 2. The smallest absolute Gasteiger partial charge is 0.132 e. The highest BCUT2D eigenvalue weighted by Gasteiger charge is 2.51. The summed E-state index contributed by atoms with van der Waals surface area (Å²) < 4.78 is 9.26. The third-order valence-corrected chi connectivity index (χ3v) is 14.4. The monoisotopic (exact) mass is 807 g/mol. The van der Waals surface area contributed by atoms with Gasteiger partial charge in [-0.15, -0.1) is 11.3 Å². The molecule has 1 aliphatic heterocycles. The van der Waals surface area contributed by atoms with Crippen LogP contribution < -0.4 is 9.64 Å². The molecule has 1 aromatic heterocycles. The Balaban J connectivity index is 0.960. The topological polar surface area (TPSA) is 12.5 Å². The molecule has 11 aromatic rings. The SMILES string of the molecule is c1ccc(-c2ccc(N(c3ccc(-c4cccc5c4-c4ccccc4C54c5ccccc5Oc5ccccc54)cc3)c3ccc4c(ccc5c6ccccc6sc45)c3)cc2)cc1. The molecule has 2 nitrogen and oxygen atoms in total. The number of hydrogen-bond acceptors (Lipinski definition) is 3. The number of anilines is 3. The summed E-state index contributed by atoms with van der Waals surface area (Å²) in [6.07, 6.45) is 0. The van der Waals surface area contributed by atoms with Crippen LogP contribution in [0.15, 0.2) is 224 Å². The zero-order valence-electron chi connectivity index (χ0n) is 33.6. The first-order valence-electron chi connectivity index (χ1n) is 21.2. The van der Waals surface area contributed by atoms with E-state index in [1.807, 2.05) is 11.3 Å². The van der Waals surface area contributed by atoms with E-state index in [2.05, 4.69) is 229 Å². The molecule has 1 aliphatic carbocycles. The van der Waals surface area contributed by atoms with Crippen LogP contribution in [0.3, 0.4) is 0 Å². The quantitative estimate of drug-likeness (QED) is 0.172. The van der Waals surface area contributed by atoms with E-state index in [0.717, 1.165) is 28.6 Å². The fraction of sp³-hybridized carbons (Fsp3) is 0.0169. The standard InChI is InChI=1S/C59H37NOS/c1-2-13-38(14-3-1)39-25-30-42(31-26-39)60(44-34-36-46-41(37-44)29-35-48-47-15-5-11-24-56(47)62-58(46)48)43-32-27-40(28-33-43)45-17-12-21-53-57(45)49-16-4-6-18-50(49)59(53)51-19-7-9-22-54(51)61-55-23-10-8-20-52(55)59/h1-37H. The Morgan fingerprint density at radius 1 is 0.371 bits per heavy atom. The van der Waals surface area contributed by atoms with Gasteiger partial charge in [0, 0.05) is 48.4 Å². The van der Waals surface area contributed by atoms with Crippen LogP contribution >= 0.6 is 11.3 Å². The van der Waals surface area contributed by atoms with Crippen LogP contribution in [0.1, 0.15) is 22.3 Å². The minimum Gasteiger partial charge on any atom is -0.457 e. The Morgan fingerprint density at radius 2 is 0.935 bits per heavy atom. The Morgan fingerprint density at radius 3 is 1.69 bits per heavy atom. The number of benzene rings is 10. The molecule has 0 N–H and O–H groups in total. The minimum absolute atomic E-state index is 0.506. The second kappa shape index (κ2) is 13.7. The second-order valence-electron chi connectivity index (χ2n) is 16.4. The van der Waals surface area contributed by atoms with Crippen molar-refractivity contribution in [3.63, 3.8) is 0 Å². The largest absolute Gasteiger partial charge is 0.457 e. The second-order valence-corrected chi connectivity index (χ2v) is 17.4. The third kappa shape index (κ3) is 5.09. The van der Waals surface area contributed by atoms with Gasteiger partial charge in [0.25, 0.3) is 0 Å². The molecule has 1 spiro atoms.